The summed E-state index contributed by atoms with van der Waals surface area (Å²) >= 11 is 0. The molecule has 8 nitrogen and oxygen atoms in total. The van der Waals surface area contributed by atoms with Crippen molar-refractivity contribution < 1.29 is 18.9 Å². The second-order valence-corrected chi connectivity index (χ2v) is 5.44. The number of hydrogen-bond acceptors (Lipinski definition) is 7. The van der Waals surface area contributed by atoms with E-state index < -0.39 is 0 Å². The number of methoxy groups -OCH3 is 4. The summed E-state index contributed by atoms with van der Waals surface area (Å²) in [5, 5.41) is 3.37. The van der Waals surface area contributed by atoms with Crippen LogP contribution in [-0.4, -0.2) is 56.0 Å². The molecular weight excluding hydrogens is 336 g/mol. The van der Waals surface area contributed by atoms with E-state index in [9.17, 15) is 0 Å². The summed E-state index contributed by atoms with van der Waals surface area (Å²) in [6.45, 7) is 1.20. The lowest BCUT2D eigenvalue weighted by Crippen LogP contribution is -2.10. The Bertz CT molecular complexity index is 894. The van der Waals surface area contributed by atoms with Gasteiger partial charge in [-0.05, 0) is 6.07 Å². The Balaban J connectivity index is 2.19. The molecule has 0 spiro atoms. The number of nitrogens with one attached hydrogen (secondary N) is 1. The van der Waals surface area contributed by atoms with Gasteiger partial charge in [-0.25, -0.2) is 4.98 Å². The molecule has 0 atom stereocenters. The number of ether oxygens (including phenoxy) is 4. The van der Waals surface area contributed by atoms with Gasteiger partial charge in [0.1, 0.15) is 17.3 Å². The Kier molecular flexibility index (Phi) is 5.43. The van der Waals surface area contributed by atoms with Crippen LogP contribution in [0.25, 0.3) is 16.9 Å². The van der Waals surface area contributed by atoms with Crippen molar-refractivity contribution in [2.75, 3.05) is 46.9 Å². The molecule has 1 N–H and O–H groups in total. The minimum absolute atomic E-state index is 0.570. The first-order valence-corrected chi connectivity index (χ1v) is 8.08. The number of hydrogen-bond donors (Lipinski definition) is 1. The Hall–Kier alpha value is -3.00. The number of fused-ring (bicyclic) bond motifs is 1. The van der Waals surface area contributed by atoms with Crippen LogP contribution in [0.2, 0.25) is 0 Å². The minimum Gasteiger partial charge on any atom is -0.496 e. The van der Waals surface area contributed by atoms with Crippen molar-refractivity contribution in [1.29, 1.82) is 0 Å². The van der Waals surface area contributed by atoms with Gasteiger partial charge in [0.05, 0.1) is 34.1 Å². The van der Waals surface area contributed by atoms with Gasteiger partial charge < -0.3 is 24.3 Å². The van der Waals surface area contributed by atoms with Crippen LogP contribution >= 0.6 is 0 Å². The zero-order valence-electron chi connectivity index (χ0n) is 15.3. The van der Waals surface area contributed by atoms with Crippen molar-refractivity contribution in [2.24, 2.45) is 0 Å². The summed E-state index contributed by atoms with van der Waals surface area (Å²) in [6, 6.07) is 3.64. The van der Waals surface area contributed by atoms with Crippen molar-refractivity contribution in [2.45, 2.75) is 0 Å². The smallest absolute Gasteiger partial charge is 0.164 e. The van der Waals surface area contributed by atoms with E-state index in [1.807, 2.05) is 16.7 Å². The van der Waals surface area contributed by atoms with E-state index in [0.717, 1.165) is 22.7 Å². The van der Waals surface area contributed by atoms with Crippen LogP contribution in [0.15, 0.2) is 30.7 Å². The molecule has 1 aromatic carbocycles. The molecule has 0 saturated heterocycles. The molecule has 2 heterocycles. The maximum Gasteiger partial charge on any atom is 0.164 e. The molecule has 0 saturated carbocycles. The third-order valence-electron chi connectivity index (χ3n) is 3.99. The van der Waals surface area contributed by atoms with Gasteiger partial charge in [-0.3, -0.25) is 9.38 Å². The van der Waals surface area contributed by atoms with E-state index in [1.54, 1.807) is 46.9 Å². The zero-order valence-corrected chi connectivity index (χ0v) is 15.3. The molecule has 3 aromatic rings. The normalized spacial score (nSPS) is 10.8. The van der Waals surface area contributed by atoms with Crippen molar-refractivity contribution in [3.63, 3.8) is 0 Å². The average Bonchev–Trinajstić information content (AvgIpc) is 3.05. The van der Waals surface area contributed by atoms with Gasteiger partial charge in [-0.2, -0.15) is 0 Å². The molecule has 0 fully saturated rings. The Labute approximate surface area is 151 Å². The Morgan fingerprint density at radius 1 is 1.00 bits per heavy atom. The molecule has 3 rings (SSSR count). The van der Waals surface area contributed by atoms with Gasteiger partial charge in [-0.15, -0.1) is 0 Å². The molecule has 0 aliphatic heterocycles. The van der Waals surface area contributed by atoms with E-state index in [-0.39, 0.29) is 0 Å². The first kappa shape index (κ1) is 17.8. The number of imidazole rings is 1. The van der Waals surface area contributed by atoms with E-state index in [2.05, 4.69) is 10.3 Å². The van der Waals surface area contributed by atoms with Crippen LogP contribution in [0.5, 0.6) is 17.2 Å². The fourth-order valence-electron chi connectivity index (χ4n) is 2.75. The molecule has 0 aliphatic rings. The van der Waals surface area contributed by atoms with Crippen LogP contribution in [0.1, 0.15) is 0 Å². The summed E-state index contributed by atoms with van der Waals surface area (Å²) in [6.07, 6.45) is 5.28. The Morgan fingerprint density at radius 3 is 2.42 bits per heavy atom. The molecule has 2 aromatic heterocycles. The lowest BCUT2D eigenvalue weighted by atomic mass is 10.1. The predicted octanol–water partition coefficient (Wildman–Crippen LogP) is 2.48. The highest BCUT2D eigenvalue weighted by Crippen LogP contribution is 2.42. The maximum absolute atomic E-state index is 5.57. The van der Waals surface area contributed by atoms with Crippen LogP contribution < -0.4 is 19.5 Å². The highest BCUT2D eigenvalue weighted by Gasteiger charge is 2.20. The number of nitrogens with zero attached hydrogens (tertiary/aromatic N) is 3. The standard InChI is InChI=1S/C18H22N4O4/c1-23-8-6-20-18-17(21-16-11-19-5-7-22(16)18)12-9-14(25-3)15(26-4)10-13(12)24-2/h5,7,9-11,20H,6,8H2,1-4H3. The Morgan fingerprint density at radius 2 is 1.73 bits per heavy atom. The van der Waals surface area contributed by atoms with Crippen molar-refractivity contribution >= 4 is 11.5 Å². The van der Waals surface area contributed by atoms with Crippen LogP contribution in [0.4, 0.5) is 5.82 Å². The predicted molar refractivity (Wildman–Crippen MR) is 98.4 cm³/mol. The van der Waals surface area contributed by atoms with E-state index in [4.69, 9.17) is 23.9 Å². The number of rotatable bonds is 8. The molecule has 138 valence electrons. The third kappa shape index (κ3) is 3.23. The first-order valence-electron chi connectivity index (χ1n) is 8.08. The van der Waals surface area contributed by atoms with E-state index >= 15 is 0 Å². The molecule has 0 aliphatic carbocycles. The minimum atomic E-state index is 0.570. The van der Waals surface area contributed by atoms with Gasteiger partial charge in [-0.1, -0.05) is 0 Å². The summed E-state index contributed by atoms with van der Waals surface area (Å²) in [5.74, 6) is 2.65. The number of aromatic nitrogens is 3. The highest BCUT2D eigenvalue weighted by atomic mass is 16.5. The number of benzene rings is 1. The lowest BCUT2D eigenvalue weighted by Gasteiger charge is -2.14. The molecule has 0 bridgehead atoms. The summed E-state index contributed by atoms with van der Waals surface area (Å²) in [4.78, 5) is 8.87. The quantitative estimate of drug-likeness (QED) is 0.620. The first-order chi connectivity index (χ1) is 12.7. The monoisotopic (exact) mass is 358 g/mol. The molecule has 0 amide bonds. The van der Waals surface area contributed by atoms with Gasteiger partial charge in [0.2, 0.25) is 0 Å². The zero-order chi connectivity index (χ0) is 18.5. The average molecular weight is 358 g/mol. The maximum atomic E-state index is 5.57. The van der Waals surface area contributed by atoms with E-state index in [0.29, 0.717) is 30.4 Å². The molecular formula is C18H22N4O4. The van der Waals surface area contributed by atoms with Crippen molar-refractivity contribution in [3.8, 4) is 28.5 Å². The molecule has 0 radical (unpaired) electrons. The molecule has 0 unspecified atom stereocenters. The molecule has 26 heavy (non-hydrogen) atoms. The fraction of sp³-hybridized carbons (Fsp3) is 0.333. The lowest BCUT2D eigenvalue weighted by molar-refractivity contribution is 0.210. The van der Waals surface area contributed by atoms with E-state index in [1.165, 1.54) is 0 Å². The van der Waals surface area contributed by atoms with Gasteiger partial charge in [0.15, 0.2) is 17.1 Å². The van der Waals surface area contributed by atoms with Crippen LogP contribution in [-0.2, 0) is 4.74 Å². The number of anilines is 1. The van der Waals surface area contributed by atoms with Gasteiger partial charge in [0.25, 0.3) is 0 Å². The van der Waals surface area contributed by atoms with Crippen LogP contribution in [0.3, 0.4) is 0 Å². The van der Waals surface area contributed by atoms with Gasteiger partial charge >= 0.3 is 0 Å². The van der Waals surface area contributed by atoms with Crippen molar-refractivity contribution in [1.82, 2.24) is 14.4 Å². The second kappa shape index (κ2) is 7.92. The van der Waals surface area contributed by atoms with Crippen molar-refractivity contribution in [3.05, 3.63) is 30.7 Å². The van der Waals surface area contributed by atoms with Gasteiger partial charge in [0, 0.05) is 37.7 Å². The second-order valence-electron chi connectivity index (χ2n) is 5.44. The van der Waals surface area contributed by atoms with Crippen LogP contribution in [0, 0.1) is 0 Å². The third-order valence-corrected chi connectivity index (χ3v) is 3.99. The summed E-state index contributed by atoms with van der Waals surface area (Å²) in [7, 11) is 6.46. The summed E-state index contributed by atoms with van der Waals surface area (Å²) in [5.41, 5.74) is 2.24. The summed E-state index contributed by atoms with van der Waals surface area (Å²) < 4.78 is 23.5. The topological polar surface area (TPSA) is 79.1 Å². The largest absolute Gasteiger partial charge is 0.496 e. The molecule has 8 heteroatoms. The highest BCUT2D eigenvalue weighted by molar-refractivity contribution is 5.82. The SMILES string of the molecule is COCCNc1c(-c2cc(OC)c(OC)cc2OC)nc2cnccn12. The fourth-order valence-corrected chi connectivity index (χ4v) is 2.75.